The van der Waals surface area contributed by atoms with Gasteiger partial charge < -0.3 is 10.1 Å². The molecule has 7 heteroatoms. The number of amides is 2. The van der Waals surface area contributed by atoms with Crippen molar-refractivity contribution in [2.24, 2.45) is 0 Å². The molecule has 0 saturated carbocycles. The normalized spacial score (nSPS) is 18.1. The zero-order valence-corrected chi connectivity index (χ0v) is 10.4. The van der Waals surface area contributed by atoms with Crippen molar-refractivity contribution in [3.05, 3.63) is 30.1 Å². The number of halogens is 1. The monoisotopic (exact) mass is 267 g/mol. The molecule has 0 spiro atoms. The van der Waals surface area contributed by atoms with Gasteiger partial charge in [-0.05, 0) is 12.1 Å². The highest BCUT2D eigenvalue weighted by Gasteiger charge is 2.31. The van der Waals surface area contributed by atoms with Crippen molar-refractivity contribution in [1.82, 2.24) is 10.3 Å². The van der Waals surface area contributed by atoms with Gasteiger partial charge in [0.15, 0.2) is 0 Å². The van der Waals surface area contributed by atoms with E-state index < -0.39 is 18.0 Å². The molecule has 1 atom stereocenters. The van der Waals surface area contributed by atoms with Crippen LogP contribution in [0, 0.1) is 5.82 Å². The third-order valence-electron chi connectivity index (χ3n) is 2.58. The van der Waals surface area contributed by atoms with Gasteiger partial charge >= 0.3 is 6.09 Å². The van der Waals surface area contributed by atoms with E-state index in [1.165, 1.54) is 24.1 Å². The molecular weight excluding hydrogens is 253 g/mol. The lowest BCUT2D eigenvalue weighted by Crippen LogP contribution is -2.35. The van der Waals surface area contributed by atoms with Gasteiger partial charge in [0.25, 0.3) is 0 Å². The van der Waals surface area contributed by atoms with E-state index in [4.69, 9.17) is 4.74 Å². The number of ether oxygens (including phenoxy) is 1. The SMILES string of the molecule is CC(=O)NC[C@H]1CN(Nc2ccccc2F)C(=O)O1. The molecule has 2 N–H and O–H groups in total. The lowest BCUT2D eigenvalue weighted by Gasteiger charge is -2.16. The van der Waals surface area contributed by atoms with Crippen LogP contribution in [0.15, 0.2) is 24.3 Å². The van der Waals surface area contributed by atoms with Crippen LogP contribution < -0.4 is 10.7 Å². The van der Waals surface area contributed by atoms with E-state index in [-0.39, 0.29) is 24.7 Å². The van der Waals surface area contributed by atoms with E-state index in [1.54, 1.807) is 12.1 Å². The molecule has 0 bridgehead atoms. The van der Waals surface area contributed by atoms with E-state index in [9.17, 15) is 14.0 Å². The van der Waals surface area contributed by atoms with Crippen molar-refractivity contribution in [3.63, 3.8) is 0 Å². The van der Waals surface area contributed by atoms with Crippen LogP contribution in [0.5, 0.6) is 0 Å². The van der Waals surface area contributed by atoms with Crippen molar-refractivity contribution < 1.29 is 18.7 Å². The number of nitrogens with one attached hydrogen (secondary N) is 2. The Hall–Kier alpha value is -2.31. The van der Waals surface area contributed by atoms with Crippen LogP contribution in [0.25, 0.3) is 0 Å². The van der Waals surface area contributed by atoms with E-state index in [0.717, 1.165) is 0 Å². The summed E-state index contributed by atoms with van der Waals surface area (Å²) in [5, 5.41) is 3.73. The number of rotatable bonds is 4. The average molecular weight is 267 g/mol. The summed E-state index contributed by atoms with van der Waals surface area (Å²) in [6.45, 7) is 1.84. The first-order valence-electron chi connectivity index (χ1n) is 5.80. The number of cyclic esters (lactones) is 1. The molecule has 2 amide bonds. The number of carbonyl (C=O) groups is 2. The van der Waals surface area contributed by atoms with Crippen molar-refractivity contribution in [1.29, 1.82) is 0 Å². The van der Waals surface area contributed by atoms with Gasteiger partial charge in [0.2, 0.25) is 5.91 Å². The highest BCUT2D eigenvalue weighted by atomic mass is 19.1. The Labute approximate surface area is 109 Å². The van der Waals surface area contributed by atoms with Crippen LogP contribution in [-0.4, -0.2) is 36.2 Å². The predicted octanol–water partition coefficient (Wildman–Crippen LogP) is 1.11. The highest BCUT2D eigenvalue weighted by molar-refractivity contribution is 5.74. The minimum absolute atomic E-state index is 0.194. The summed E-state index contributed by atoms with van der Waals surface area (Å²) in [5.41, 5.74) is 2.84. The molecule has 1 aliphatic rings. The zero-order chi connectivity index (χ0) is 13.8. The predicted molar refractivity (Wildman–Crippen MR) is 65.7 cm³/mol. The molecule has 1 aromatic carbocycles. The molecule has 19 heavy (non-hydrogen) atoms. The van der Waals surface area contributed by atoms with Gasteiger partial charge in [-0.15, -0.1) is 0 Å². The fourth-order valence-electron chi connectivity index (χ4n) is 1.67. The molecule has 102 valence electrons. The third-order valence-corrected chi connectivity index (χ3v) is 2.58. The van der Waals surface area contributed by atoms with Crippen molar-refractivity contribution in [3.8, 4) is 0 Å². The number of benzene rings is 1. The first-order valence-corrected chi connectivity index (χ1v) is 5.80. The maximum absolute atomic E-state index is 13.4. The largest absolute Gasteiger partial charge is 0.441 e. The van der Waals surface area contributed by atoms with Crippen molar-refractivity contribution in [2.45, 2.75) is 13.0 Å². The standard InChI is InChI=1S/C12H14FN3O3/c1-8(17)14-6-9-7-16(12(18)19-9)15-11-5-3-2-4-10(11)13/h2-5,9,15H,6-7H2,1H3,(H,14,17)/t9-/m0/s1. The Kier molecular flexibility index (Phi) is 3.84. The molecule has 1 aromatic rings. The Balaban J connectivity index is 1.93. The van der Waals surface area contributed by atoms with E-state index in [0.29, 0.717) is 0 Å². The molecular formula is C12H14FN3O3. The second-order valence-corrected chi connectivity index (χ2v) is 4.15. The summed E-state index contributed by atoms with van der Waals surface area (Å²) in [4.78, 5) is 22.3. The smallest absolute Gasteiger partial charge is 0.429 e. The molecule has 0 unspecified atom stereocenters. The summed E-state index contributed by atoms with van der Waals surface area (Å²) in [7, 11) is 0. The fourth-order valence-corrected chi connectivity index (χ4v) is 1.67. The molecule has 6 nitrogen and oxygen atoms in total. The summed E-state index contributed by atoms with van der Waals surface area (Å²) in [6, 6.07) is 6.02. The second kappa shape index (κ2) is 5.55. The zero-order valence-electron chi connectivity index (χ0n) is 10.4. The fraction of sp³-hybridized carbons (Fsp3) is 0.333. The number of carbonyl (C=O) groups excluding carboxylic acids is 2. The number of hydrazine groups is 1. The number of nitrogens with zero attached hydrogens (tertiary/aromatic N) is 1. The summed E-state index contributed by atoms with van der Waals surface area (Å²) in [6.07, 6.45) is -1.05. The Bertz CT molecular complexity index is 495. The number of hydrogen-bond donors (Lipinski definition) is 2. The topological polar surface area (TPSA) is 70.7 Å². The van der Waals surface area contributed by atoms with Gasteiger partial charge in [-0.3, -0.25) is 10.2 Å². The van der Waals surface area contributed by atoms with E-state index in [2.05, 4.69) is 10.7 Å². The summed E-state index contributed by atoms with van der Waals surface area (Å²) < 4.78 is 18.4. The molecule has 2 rings (SSSR count). The Morgan fingerprint density at radius 3 is 2.95 bits per heavy atom. The Morgan fingerprint density at radius 1 is 1.53 bits per heavy atom. The number of para-hydroxylation sites is 1. The molecule has 1 heterocycles. The van der Waals surface area contributed by atoms with Crippen LogP contribution >= 0.6 is 0 Å². The molecule has 1 aliphatic heterocycles. The van der Waals surface area contributed by atoms with E-state index in [1.807, 2.05) is 0 Å². The van der Waals surface area contributed by atoms with Crippen LogP contribution in [-0.2, 0) is 9.53 Å². The molecule has 1 saturated heterocycles. The van der Waals surface area contributed by atoms with Gasteiger partial charge in [-0.25, -0.2) is 14.2 Å². The first-order chi connectivity index (χ1) is 9.06. The lowest BCUT2D eigenvalue weighted by atomic mass is 10.3. The maximum Gasteiger partial charge on any atom is 0.429 e. The maximum atomic E-state index is 13.4. The minimum Gasteiger partial charge on any atom is -0.441 e. The van der Waals surface area contributed by atoms with Crippen LogP contribution in [0.2, 0.25) is 0 Å². The second-order valence-electron chi connectivity index (χ2n) is 4.15. The molecule has 1 fully saturated rings. The molecule has 0 aromatic heterocycles. The van der Waals surface area contributed by atoms with E-state index >= 15 is 0 Å². The summed E-state index contributed by atoms with van der Waals surface area (Å²) >= 11 is 0. The average Bonchev–Trinajstić information content (AvgIpc) is 2.71. The van der Waals surface area contributed by atoms with Crippen molar-refractivity contribution in [2.75, 3.05) is 18.5 Å². The lowest BCUT2D eigenvalue weighted by molar-refractivity contribution is -0.119. The quantitative estimate of drug-likeness (QED) is 0.857. The van der Waals surface area contributed by atoms with Crippen molar-refractivity contribution >= 4 is 17.7 Å². The van der Waals surface area contributed by atoms with Gasteiger partial charge in [0, 0.05) is 6.92 Å². The van der Waals surface area contributed by atoms with Gasteiger partial charge in [-0.2, -0.15) is 0 Å². The highest BCUT2D eigenvalue weighted by Crippen LogP contribution is 2.17. The molecule has 0 aliphatic carbocycles. The van der Waals surface area contributed by atoms with Crippen LogP contribution in [0.3, 0.4) is 0 Å². The minimum atomic E-state index is -0.599. The summed E-state index contributed by atoms with van der Waals surface area (Å²) in [5.74, 6) is -0.655. The Morgan fingerprint density at radius 2 is 2.26 bits per heavy atom. The van der Waals surface area contributed by atoms with Crippen LogP contribution in [0.1, 0.15) is 6.92 Å². The van der Waals surface area contributed by atoms with Crippen LogP contribution in [0.4, 0.5) is 14.9 Å². The number of hydrogen-bond acceptors (Lipinski definition) is 4. The third kappa shape index (κ3) is 3.34. The van der Waals surface area contributed by atoms with Gasteiger partial charge in [0.1, 0.15) is 11.9 Å². The van der Waals surface area contributed by atoms with Gasteiger partial charge in [-0.1, -0.05) is 12.1 Å². The molecule has 0 radical (unpaired) electrons. The van der Waals surface area contributed by atoms with Gasteiger partial charge in [0.05, 0.1) is 18.8 Å². The first kappa shape index (κ1) is 13.1. The number of anilines is 1.